The number of piperazine rings is 1. The van der Waals surface area contributed by atoms with Crippen LogP contribution in [0, 0.1) is 0 Å². The standard InChI is InChI=1S/C40H49N5O4/c1-5-22-44(31-14-8-6-9-15-31)38(47)36-33-18-12-13-19-34(33)37(46)45(32-16-10-7-11-17-32)35(36)29-41-23-20-30(21-24-41)42-25-27-43(28-26-42)39(48)49-40(2,3)4/h6-19,30H,5,20-29H2,1-4H3. The topological polar surface area (TPSA) is 78.3 Å². The summed E-state index contributed by atoms with van der Waals surface area (Å²) >= 11 is 0. The third-order valence-electron chi connectivity index (χ3n) is 9.59. The van der Waals surface area contributed by atoms with Gasteiger partial charge >= 0.3 is 6.09 Å². The minimum atomic E-state index is -0.502. The Labute approximate surface area is 289 Å². The summed E-state index contributed by atoms with van der Waals surface area (Å²) < 4.78 is 7.37. The number of carbonyl (C=O) groups is 2. The zero-order chi connectivity index (χ0) is 34.5. The molecule has 2 saturated heterocycles. The number of nitrogens with zero attached hydrogens (tertiary/aromatic N) is 5. The number of amides is 2. The van der Waals surface area contributed by atoms with Crippen molar-refractivity contribution in [1.29, 1.82) is 0 Å². The Morgan fingerprint density at radius 3 is 2.00 bits per heavy atom. The van der Waals surface area contributed by atoms with Crippen LogP contribution in [0.1, 0.15) is 63.0 Å². The quantitative estimate of drug-likeness (QED) is 0.213. The highest BCUT2D eigenvalue weighted by molar-refractivity contribution is 6.15. The van der Waals surface area contributed by atoms with Crippen LogP contribution in [0.25, 0.3) is 16.5 Å². The van der Waals surface area contributed by atoms with Gasteiger partial charge in [0.15, 0.2) is 0 Å². The van der Waals surface area contributed by atoms with Crippen LogP contribution in [0.15, 0.2) is 89.7 Å². The van der Waals surface area contributed by atoms with Gasteiger partial charge in [-0.15, -0.1) is 0 Å². The summed E-state index contributed by atoms with van der Waals surface area (Å²) in [5.41, 5.74) is 2.28. The fourth-order valence-electron chi connectivity index (χ4n) is 7.20. The molecule has 9 heteroatoms. The fraction of sp³-hybridized carbons (Fsp3) is 0.425. The van der Waals surface area contributed by atoms with E-state index < -0.39 is 5.60 Å². The van der Waals surface area contributed by atoms with E-state index in [4.69, 9.17) is 4.74 Å². The molecule has 2 aliphatic heterocycles. The molecule has 6 rings (SSSR count). The lowest BCUT2D eigenvalue weighted by molar-refractivity contribution is 0.00553. The van der Waals surface area contributed by atoms with Gasteiger partial charge in [-0.05, 0) is 70.4 Å². The Bertz CT molecular complexity index is 1800. The van der Waals surface area contributed by atoms with E-state index in [0.29, 0.717) is 48.6 Å². The lowest BCUT2D eigenvalue weighted by Gasteiger charge is -2.43. The molecule has 0 aliphatic carbocycles. The predicted octanol–water partition coefficient (Wildman–Crippen LogP) is 6.56. The Balaban J connectivity index is 1.30. The average Bonchev–Trinajstić information content (AvgIpc) is 3.11. The van der Waals surface area contributed by atoms with Crippen LogP contribution in [0.3, 0.4) is 0 Å². The first-order valence-electron chi connectivity index (χ1n) is 17.7. The van der Waals surface area contributed by atoms with Crippen LogP contribution >= 0.6 is 0 Å². The maximum atomic E-state index is 14.9. The van der Waals surface area contributed by atoms with Gasteiger partial charge in [0.05, 0.1) is 11.3 Å². The number of para-hydroxylation sites is 2. The Morgan fingerprint density at radius 2 is 1.39 bits per heavy atom. The summed E-state index contributed by atoms with van der Waals surface area (Å²) in [6, 6.07) is 27.5. The first-order chi connectivity index (χ1) is 23.6. The predicted molar refractivity (Wildman–Crippen MR) is 196 cm³/mol. The van der Waals surface area contributed by atoms with Crippen molar-refractivity contribution < 1.29 is 14.3 Å². The van der Waals surface area contributed by atoms with Crippen molar-refractivity contribution in [1.82, 2.24) is 19.3 Å². The normalized spacial score (nSPS) is 16.5. The van der Waals surface area contributed by atoms with Crippen molar-refractivity contribution in [2.24, 2.45) is 0 Å². The van der Waals surface area contributed by atoms with Crippen LogP contribution in [0.4, 0.5) is 10.5 Å². The molecular formula is C40H49N5O4. The summed E-state index contributed by atoms with van der Waals surface area (Å²) in [5, 5.41) is 1.22. The summed E-state index contributed by atoms with van der Waals surface area (Å²) in [4.78, 5) is 50.4. The number of benzene rings is 3. The lowest BCUT2D eigenvalue weighted by atomic mass is 9.98. The molecule has 0 spiro atoms. The number of pyridine rings is 1. The first kappa shape index (κ1) is 34.4. The van der Waals surface area contributed by atoms with Gasteiger partial charge in [0.1, 0.15) is 5.60 Å². The third-order valence-corrected chi connectivity index (χ3v) is 9.59. The van der Waals surface area contributed by atoms with E-state index in [-0.39, 0.29) is 17.6 Å². The van der Waals surface area contributed by atoms with Crippen molar-refractivity contribution in [2.75, 3.05) is 50.7 Å². The largest absolute Gasteiger partial charge is 0.444 e. The van der Waals surface area contributed by atoms with Crippen LogP contribution in [0.2, 0.25) is 0 Å². The highest BCUT2D eigenvalue weighted by Gasteiger charge is 2.33. The van der Waals surface area contributed by atoms with E-state index in [0.717, 1.165) is 62.5 Å². The number of hydrogen-bond donors (Lipinski definition) is 0. The van der Waals surface area contributed by atoms with Crippen LogP contribution in [-0.4, -0.2) is 88.7 Å². The van der Waals surface area contributed by atoms with Crippen LogP contribution in [0.5, 0.6) is 0 Å². The number of aromatic nitrogens is 1. The molecule has 9 nitrogen and oxygen atoms in total. The van der Waals surface area contributed by atoms with Crippen molar-refractivity contribution in [3.05, 3.63) is 107 Å². The molecule has 0 N–H and O–H groups in total. The smallest absolute Gasteiger partial charge is 0.410 e. The number of hydrogen-bond acceptors (Lipinski definition) is 6. The summed E-state index contributed by atoms with van der Waals surface area (Å²) in [7, 11) is 0. The second-order valence-electron chi connectivity index (χ2n) is 14.1. The van der Waals surface area contributed by atoms with Gasteiger partial charge in [-0.1, -0.05) is 61.5 Å². The molecule has 2 amide bonds. The van der Waals surface area contributed by atoms with Crippen LogP contribution in [-0.2, 0) is 11.3 Å². The summed E-state index contributed by atoms with van der Waals surface area (Å²) in [6.45, 7) is 13.5. The third kappa shape index (κ3) is 7.73. The molecule has 49 heavy (non-hydrogen) atoms. The molecule has 0 atom stereocenters. The highest BCUT2D eigenvalue weighted by atomic mass is 16.6. The van der Waals surface area contributed by atoms with Crippen molar-refractivity contribution in [2.45, 2.75) is 65.1 Å². The van der Waals surface area contributed by atoms with Gasteiger partial charge in [-0.3, -0.25) is 24.0 Å². The molecule has 2 fully saturated rings. The SMILES string of the molecule is CCCN(C(=O)c1c(CN2CCC(N3CCN(C(=O)OC(C)(C)C)CC3)CC2)n(-c2ccccc2)c(=O)c2ccccc12)c1ccccc1. The van der Waals surface area contributed by atoms with E-state index >= 15 is 0 Å². The fourth-order valence-corrected chi connectivity index (χ4v) is 7.20. The van der Waals surface area contributed by atoms with Gasteiger partial charge in [0, 0.05) is 80.5 Å². The molecule has 3 heterocycles. The van der Waals surface area contributed by atoms with E-state index in [2.05, 4.69) is 16.7 Å². The number of carbonyl (C=O) groups excluding carboxylic acids is 2. The second-order valence-corrected chi connectivity index (χ2v) is 14.1. The Kier molecular flexibility index (Phi) is 10.5. The van der Waals surface area contributed by atoms with Crippen molar-refractivity contribution >= 4 is 28.5 Å². The number of anilines is 1. The van der Waals surface area contributed by atoms with Crippen molar-refractivity contribution in [3.63, 3.8) is 0 Å². The number of rotatable bonds is 8. The number of fused-ring (bicyclic) bond motifs is 1. The van der Waals surface area contributed by atoms with Gasteiger partial charge in [-0.2, -0.15) is 0 Å². The molecule has 2 aliphatic rings. The lowest BCUT2D eigenvalue weighted by Crippen LogP contribution is -2.54. The van der Waals surface area contributed by atoms with E-state index in [9.17, 15) is 14.4 Å². The zero-order valence-electron chi connectivity index (χ0n) is 29.3. The monoisotopic (exact) mass is 663 g/mol. The Hall–Kier alpha value is -4.47. The van der Waals surface area contributed by atoms with Gasteiger partial charge < -0.3 is 14.5 Å². The molecule has 0 radical (unpaired) electrons. The number of piperidine rings is 1. The maximum absolute atomic E-state index is 14.9. The molecular weight excluding hydrogens is 614 g/mol. The number of likely N-dealkylation sites (tertiary alicyclic amines) is 1. The highest BCUT2D eigenvalue weighted by Crippen LogP contribution is 2.29. The maximum Gasteiger partial charge on any atom is 0.410 e. The van der Waals surface area contributed by atoms with Gasteiger partial charge in [0.25, 0.3) is 11.5 Å². The van der Waals surface area contributed by atoms with Crippen molar-refractivity contribution in [3.8, 4) is 5.69 Å². The second kappa shape index (κ2) is 15.0. The van der Waals surface area contributed by atoms with E-state index in [1.165, 1.54) is 0 Å². The molecule has 0 saturated carbocycles. The average molecular weight is 664 g/mol. The van der Waals surface area contributed by atoms with E-state index in [1.807, 2.05) is 116 Å². The summed E-state index contributed by atoms with van der Waals surface area (Å²) in [5.74, 6) is -0.0957. The molecule has 3 aromatic carbocycles. The zero-order valence-corrected chi connectivity index (χ0v) is 29.3. The van der Waals surface area contributed by atoms with Gasteiger partial charge in [-0.25, -0.2) is 4.79 Å². The molecule has 1 aromatic heterocycles. The van der Waals surface area contributed by atoms with Crippen LogP contribution < -0.4 is 10.5 Å². The molecule has 0 unspecified atom stereocenters. The Morgan fingerprint density at radius 1 is 0.796 bits per heavy atom. The van der Waals surface area contributed by atoms with E-state index in [1.54, 1.807) is 4.57 Å². The first-order valence-corrected chi connectivity index (χ1v) is 17.7. The molecule has 4 aromatic rings. The molecule has 258 valence electrons. The minimum Gasteiger partial charge on any atom is -0.444 e. The molecule has 0 bridgehead atoms. The summed E-state index contributed by atoms with van der Waals surface area (Å²) in [6.07, 6.45) is 2.51. The van der Waals surface area contributed by atoms with Gasteiger partial charge in [0.2, 0.25) is 0 Å². The minimum absolute atomic E-state index is 0.0957. The number of ether oxygens (including phenoxy) is 1.